The van der Waals surface area contributed by atoms with Crippen LogP contribution in [0.1, 0.15) is 70.8 Å². The average Bonchev–Trinajstić information content (AvgIpc) is 0.823. The molecule has 97 heavy (non-hydrogen) atoms. The van der Waals surface area contributed by atoms with Gasteiger partial charge in [0.1, 0.15) is 59.7 Å². The van der Waals surface area contributed by atoms with E-state index < -0.39 is 23.4 Å². The summed E-state index contributed by atoms with van der Waals surface area (Å²) in [6.45, 7) is 18.6. The fourth-order valence-corrected chi connectivity index (χ4v) is 11.0. The second-order valence-electron chi connectivity index (χ2n) is 25.0. The van der Waals surface area contributed by atoms with Gasteiger partial charge in [0.05, 0.1) is 28.3 Å². The number of rotatable bonds is 6. The van der Waals surface area contributed by atoms with Gasteiger partial charge in [0.25, 0.3) is 0 Å². The van der Waals surface area contributed by atoms with Gasteiger partial charge in [0, 0.05) is 101 Å². The van der Waals surface area contributed by atoms with E-state index in [9.17, 15) is 26.3 Å². The molecule has 0 spiro atoms. The molecule has 12 rings (SSSR count). The summed E-state index contributed by atoms with van der Waals surface area (Å²) in [7, 11) is 11.8. The highest BCUT2D eigenvalue weighted by Crippen LogP contribution is 2.34. The van der Waals surface area contributed by atoms with Crippen LogP contribution in [-0.2, 0) is 53.9 Å². The van der Waals surface area contributed by atoms with Crippen molar-refractivity contribution in [3.05, 3.63) is 323 Å². The van der Waals surface area contributed by atoms with Crippen LogP contribution in [-0.4, -0.2) is 0 Å². The minimum absolute atomic E-state index is 0.185. The van der Waals surface area contributed by atoms with Crippen LogP contribution in [0.4, 0.5) is 26.3 Å². The van der Waals surface area contributed by atoms with Gasteiger partial charge in [-0.1, -0.05) is 63.2 Å². The summed E-state index contributed by atoms with van der Waals surface area (Å²) in [6.07, 6.45) is 7.49. The summed E-state index contributed by atoms with van der Waals surface area (Å²) in [5, 5.41) is 8.91. The molecule has 0 unspecified atom stereocenters. The minimum atomic E-state index is -4.31. The van der Waals surface area contributed by atoms with Gasteiger partial charge in [0.15, 0.2) is 37.2 Å². The SMILES string of the molecule is Cc1cc(F)cc(F)c1-c1cccc[n+]1C.Cc1cc(F)ccc1-c1cccc[n+]1C.Cc1ccc(C#N)cc1-c1cccc[n+]1C.Cc1ccc(C(C)(C)C)cc1-c1cccc[n+]1C.Cc1ccc(C(F)(F)F)cc1-c1cccc[n+]1C.Cc1ccccc1-c1cccc[n+]1C. The molecule has 0 saturated carbocycles. The number of hydrogen-bond acceptors (Lipinski definition) is 1. The van der Waals surface area contributed by atoms with E-state index in [-0.39, 0.29) is 11.2 Å². The van der Waals surface area contributed by atoms with Crippen molar-refractivity contribution in [2.45, 2.75) is 73.9 Å². The smallest absolute Gasteiger partial charge is 0.207 e. The first kappa shape index (κ1) is 73.7. The third-order valence-corrected chi connectivity index (χ3v) is 16.6. The third-order valence-electron chi connectivity index (χ3n) is 16.6. The summed E-state index contributed by atoms with van der Waals surface area (Å²) in [4.78, 5) is 0. The largest absolute Gasteiger partial charge is 0.416 e. The predicted molar refractivity (Wildman–Crippen MR) is 375 cm³/mol. The number of aromatic nitrogens is 6. The van der Waals surface area contributed by atoms with Crippen LogP contribution < -0.4 is 27.4 Å². The average molecular weight is 1310 g/mol. The van der Waals surface area contributed by atoms with Crippen molar-refractivity contribution in [1.29, 1.82) is 5.26 Å². The molecule has 0 radical (unpaired) electrons. The first-order valence-corrected chi connectivity index (χ1v) is 31.8. The lowest BCUT2D eigenvalue weighted by molar-refractivity contribution is -0.660. The van der Waals surface area contributed by atoms with Crippen LogP contribution in [0.15, 0.2) is 256 Å². The summed E-state index contributed by atoms with van der Waals surface area (Å²) in [6, 6.07) is 69.7. The molecule has 0 saturated heterocycles. The van der Waals surface area contributed by atoms with Gasteiger partial charge in [-0.05, 0) is 183 Å². The maximum Gasteiger partial charge on any atom is 0.416 e. The molecule has 7 nitrogen and oxygen atoms in total. The molecule has 0 N–H and O–H groups in total. The zero-order valence-electron chi connectivity index (χ0n) is 58.1. The molecule has 494 valence electrons. The van der Waals surface area contributed by atoms with Crippen molar-refractivity contribution >= 4 is 0 Å². The maximum atomic E-state index is 13.7. The van der Waals surface area contributed by atoms with Gasteiger partial charge < -0.3 is 0 Å². The zero-order valence-corrected chi connectivity index (χ0v) is 58.1. The molecule has 6 aromatic carbocycles. The van der Waals surface area contributed by atoms with Crippen molar-refractivity contribution in [2.75, 3.05) is 0 Å². The molecule has 0 amide bonds. The molecule has 0 atom stereocenters. The highest BCUT2D eigenvalue weighted by molar-refractivity contribution is 5.66. The Morgan fingerprint density at radius 1 is 0.309 bits per heavy atom. The zero-order chi connectivity index (χ0) is 70.7. The van der Waals surface area contributed by atoms with Crippen molar-refractivity contribution in [2.24, 2.45) is 42.3 Å². The topological polar surface area (TPSA) is 47.1 Å². The monoisotopic (exact) mass is 1310 g/mol. The Morgan fingerprint density at radius 3 is 1.03 bits per heavy atom. The second-order valence-corrected chi connectivity index (χ2v) is 25.0. The second kappa shape index (κ2) is 33.6. The van der Waals surface area contributed by atoms with Crippen LogP contribution in [0.3, 0.4) is 0 Å². The van der Waals surface area contributed by atoms with Crippen molar-refractivity contribution in [3.8, 4) is 73.6 Å². The Morgan fingerprint density at radius 2 is 0.649 bits per heavy atom. The summed E-state index contributed by atoms with van der Waals surface area (Å²) in [5.41, 5.74) is 19.9. The number of halogens is 6. The lowest BCUT2D eigenvalue weighted by atomic mass is 9.85. The van der Waals surface area contributed by atoms with Gasteiger partial charge in [-0.25, -0.2) is 40.6 Å². The van der Waals surface area contributed by atoms with Crippen molar-refractivity contribution < 1.29 is 53.7 Å². The fraction of sp³-hybridized carbons (Fsp3) is 0.202. The van der Waals surface area contributed by atoms with Crippen molar-refractivity contribution in [1.82, 2.24) is 0 Å². The summed E-state index contributed by atoms with van der Waals surface area (Å²) in [5.74, 6) is -1.26. The molecule has 6 heterocycles. The summed E-state index contributed by atoms with van der Waals surface area (Å²) < 4.78 is 89.8. The first-order valence-electron chi connectivity index (χ1n) is 31.8. The Labute approximate surface area is 569 Å². The van der Waals surface area contributed by atoms with Gasteiger partial charge in [-0.15, -0.1) is 0 Å². The Hall–Kier alpha value is -10.7. The molecule has 0 fully saturated rings. The van der Waals surface area contributed by atoms with Crippen LogP contribution in [0.25, 0.3) is 67.5 Å². The minimum Gasteiger partial charge on any atom is -0.207 e. The molecule has 0 aliphatic heterocycles. The molecule has 12 aromatic rings. The molecule has 0 bridgehead atoms. The molecule has 0 aliphatic carbocycles. The first-order chi connectivity index (χ1) is 46.1. The Kier molecular flexibility index (Phi) is 25.5. The molecular weight excluding hydrogens is 1220 g/mol. The summed E-state index contributed by atoms with van der Waals surface area (Å²) >= 11 is 0. The molecule has 13 heteroatoms. The predicted octanol–water partition coefficient (Wildman–Crippen LogP) is 17.5. The highest BCUT2D eigenvalue weighted by atomic mass is 19.4. The normalized spacial score (nSPS) is 10.7. The number of hydrogen-bond donors (Lipinski definition) is 0. The van der Waals surface area contributed by atoms with Crippen molar-refractivity contribution in [3.63, 3.8) is 0 Å². The number of pyridine rings is 6. The van der Waals surface area contributed by atoms with E-state index >= 15 is 0 Å². The van der Waals surface area contributed by atoms with E-state index in [0.29, 0.717) is 22.3 Å². The van der Waals surface area contributed by atoms with Crippen LogP contribution in [0.5, 0.6) is 0 Å². The standard InChI is InChI=1S/C17H22N.C14H13F3N.C14H13N2.C13H12F2N.C13H13FN.C13H14N/c1-13-9-10-14(17(2,3)4)12-15(13)16-8-6-7-11-18(16)5;1-10-6-7-11(14(15,16)17)9-12(10)13-5-3-4-8-18(13)2;1-11-6-7-12(10-15)9-13(11)14-5-3-4-8-16(14)2;1-9-7-10(14)8-11(15)13(9)12-5-3-4-6-16(12)2;1-10-9-11(14)6-7-12(10)13-5-3-4-8-15(13)2;1-11-7-3-4-8-12(11)13-9-5-6-10-14(13)2/h6-12H,1-5H3;3-9H,1-2H3;3-9H,1-2H3;3-8H,1-2H3;3-9H,1-2H3;3-10H,1-2H3/q6*+1. The van der Waals surface area contributed by atoms with Crippen LogP contribution in [0, 0.1) is 70.3 Å². The Balaban J connectivity index is 0.000000164. The number of aryl methyl sites for hydroxylation is 12. The van der Waals surface area contributed by atoms with E-state index in [2.05, 4.69) is 167 Å². The molecule has 6 aromatic heterocycles. The van der Waals surface area contributed by atoms with E-state index in [0.717, 1.165) is 57.2 Å². The van der Waals surface area contributed by atoms with E-state index in [4.69, 9.17) is 5.26 Å². The molecule has 0 aliphatic rings. The van der Waals surface area contributed by atoms with E-state index in [1.807, 2.05) is 178 Å². The van der Waals surface area contributed by atoms with E-state index in [1.54, 1.807) is 13.0 Å². The maximum absolute atomic E-state index is 13.7. The molecular formula is C84H87F6N7+6. The lowest BCUT2D eigenvalue weighted by Crippen LogP contribution is -2.30. The quantitative estimate of drug-likeness (QED) is 0.121. The van der Waals surface area contributed by atoms with Crippen LogP contribution >= 0.6 is 0 Å². The van der Waals surface area contributed by atoms with Crippen LogP contribution in [0.2, 0.25) is 0 Å². The number of nitriles is 1. The number of alkyl halides is 3. The van der Waals surface area contributed by atoms with Gasteiger partial charge in [-0.2, -0.15) is 18.4 Å². The highest BCUT2D eigenvalue weighted by Gasteiger charge is 2.32. The van der Waals surface area contributed by atoms with Gasteiger partial charge in [-0.3, -0.25) is 0 Å². The van der Waals surface area contributed by atoms with E-state index in [1.165, 1.54) is 69.0 Å². The number of nitrogens with zero attached hydrogens (tertiary/aromatic N) is 7. The number of benzene rings is 6. The van der Waals surface area contributed by atoms with Gasteiger partial charge in [0.2, 0.25) is 34.2 Å². The van der Waals surface area contributed by atoms with Gasteiger partial charge >= 0.3 is 6.18 Å². The Bertz CT molecular complexity index is 4540. The third kappa shape index (κ3) is 19.9. The lowest BCUT2D eigenvalue weighted by Gasteiger charge is -2.20. The fourth-order valence-electron chi connectivity index (χ4n) is 11.0.